The summed E-state index contributed by atoms with van der Waals surface area (Å²) in [6, 6.07) is 24.3. The van der Waals surface area contributed by atoms with Crippen molar-refractivity contribution in [2.24, 2.45) is 0 Å². The van der Waals surface area contributed by atoms with Crippen LogP contribution >= 0.6 is 0 Å². The van der Waals surface area contributed by atoms with E-state index >= 15 is 0 Å². The lowest BCUT2D eigenvalue weighted by Crippen LogP contribution is -2.42. The summed E-state index contributed by atoms with van der Waals surface area (Å²) in [5.74, 6) is -0.0785. The van der Waals surface area contributed by atoms with E-state index in [9.17, 15) is 4.79 Å². The first kappa shape index (κ1) is 21.7. The number of ether oxygens (including phenoxy) is 1. The highest BCUT2D eigenvalue weighted by atomic mass is 16.5. The Hall–Kier alpha value is -3.15. The Kier molecular flexibility index (Phi) is 6.70. The maximum atomic E-state index is 12.9. The second-order valence-electron chi connectivity index (χ2n) is 8.79. The van der Waals surface area contributed by atoms with Crippen molar-refractivity contribution < 1.29 is 9.53 Å². The molecule has 0 spiro atoms. The molecule has 1 amide bonds. The molecule has 2 heterocycles. The van der Waals surface area contributed by atoms with E-state index in [0.29, 0.717) is 5.56 Å². The summed E-state index contributed by atoms with van der Waals surface area (Å²) < 4.78 is 5.47. The standard InChI is InChI=1S/C28H31N3O2/c32-28(25-10-8-23(9-11-25)22-5-2-1-3-6-22)29-26-13-12-24-7-4-14-31(27(24)21-26)16-15-30-17-19-33-20-18-30/h1-3,5-6,8-13,21H,4,7,14-20H2,(H,29,32). The first-order valence-electron chi connectivity index (χ1n) is 11.9. The quantitative estimate of drug-likeness (QED) is 0.603. The van der Waals surface area contributed by atoms with Crippen molar-refractivity contribution in [2.75, 3.05) is 56.2 Å². The van der Waals surface area contributed by atoms with Gasteiger partial charge in [-0.1, -0.05) is 48.5 Å². The van der Waals surface area contributed by atoms with Crippen LogP contribution in [-0.2, 0) is 11.2 Å². The van der Waals surface area contributed by atoms with E-state index in [2.05, 4.69) is 39.4 Å². The molecule has 0 saturated carbocycles. The number of rotatable bonds is 6. The van der Waals surface area contributed by atoms with Gasteiger partial charge in [0.1, 0.15) is 0 Å². The molecule has 1 saturated heterocycles. The van der Waals surface area contributed by atoms with Gasteiger partial charge in [-0.2, -0.15) is 0 Å². The number of hydrogen-bond acceptors (Lipinski definition) is 4. The Labute approximate surface area is 196 Å². The van der Waals surface area contributed by atoms with Gasteiger partial charge in [-0.05, 0) is 53.8 Å². The van der Waals surface area contributed by atoms with E-state index in [1.54, 1.807) is 0 Å². The van der Waals surface area contributed by atoms with Crippen LogP contribution in [0.3, 0.4) is 0 Å². The number of hydrogen-bond donors (Lipinski definition) is 1. The summed E-state index contributed by atoms with van der Waals surface area (Å²) in [5.41, 5.74) is 6.40. The van der Waals surface area contributed by atoms with Crippen molar-refractivity contribution in [3.8, 4) is 11.1 Å². The van der Waals surface area contributed by atoms with Crippen LogP contribution in [0.5, 0.6) is 0 Å². The molecule has 5 rings (SSSR count). The first-order chi connectivity index (χ1) is 16.3. The van der Waals surface area contributed by atoms with Crippen LogP contribution in [0.25, 0.3) is 11.1 Å². The van der Waals surface area contributed by atoms with Gasteiger partial charge in [0.25, 0.3) is 5.91 Å². The molecule has 1 fully saturated rings. The highest BCUT2D eigenvalue weighted by Gasteiger charge is 2.19. The lowest BCUT2D eigenvalue weighted by molar-refractivity contribution is 0.0391. The molecule has 5 heteroatoms. The molecule has 5 nitrogen and oxygen atoms in total. The second kappa shape index (κ2) is 10.2. The molecule has 0 atom stereocenters. The minimum absolute atomic E-state index is 0.0785. The third-order valence-electron chi connectivity index (χ3n) is 6.60. The average molecular weight is 442 g/mol. The molecular weight excluding hydrogens is 410 g/mol. The van der Waals surface area contributed by atoms with E-state index in [4.69, 9.17) is 4.74 Å². The number of carbonyl (C=O) groups is 1. The van der Waals surface area contributed by atoms with Crippen LogP contribution in [0, 0.1) is 0 Å². The molecule has 1 N–H and O–H groups in total. The average Bonchev–Trinajstić information content (AvgIpc) is 2.88. The van der Waals surface area contributed by atoms with Crippen molar-refractivity contribution in [3.63, 3.8) is 0 Å². The number of morpholine rings is 1. The zero-order valence-corrected chi connectivity index (χ0v) is 19.0. The molecule has 33 heavy (non-hydrogen) atoms. The second-order valence-corrected chi connectivity index (χ2v) is 8.79. The van der Waals surface area contributed by atoms with Gasteiger partial charge in [0, 0.05) is 49.7 Å². The van der Waals surface area contributed by atoms with E-state index in [1.165, 1.54) is 17.7 Å². The van der Waals surface area contributed by atoms with Gasteiger partial charge in [0.2, 0.25) is 0 Å². The van der Waals surface area contributed by atoms with Crippen molar-refractivity contribution in [3.05, 3.63) is 83.9 Å². The van der Waals surface area contributed by atoms with E-state index in [-0.39, 0.29) is 5.91 Å². The zero-order chi connectivity index (χ0) is 22.5. The molecule has 2 aliphatic rings. The fraction of sp³-hybridized carbons (Fsp3) is 0.321. The molecule has 0 aliphatic carbocycles. The molecule has 2 aliphatic heterocycles. The predicted molar refractivity (Wildman–Crippen MR) is 134 cm³/mol. The number of nitrogens with one attached hydrogen (secondary N) is 1. The summed E-state index contributed by atoms with van der Waals surface area (Å²) >= 11 is 0. The smallest absolute Gasteiger partial charge is 0.255 e. The number of amides is 1. The zero-order valence-electron chi connectivity index (χ0n) is 19.0. The number of carbonyl (C=O) groups excluding carboxylic acids is 1. The number of aryl methyl sites for hydroxylation is 1. The van der Waals surface area contributed by atoms with Crippen molar-refractivity contribution in [1.29, 1.82) is 0 Å². The summed E-state index contributed by atoms with van der Waals surface area (Å²) in [7, 11) is 0. The van der Waals surface area contributed by atoms with Crippen LogP contribution < -0.4 is 10.2 Å². The number of fused-ring (bicyclic) bond motifs is 1. The van der Waals surface area contributed by atoms with E-state index < -0.39 is 0 Å². The molecule has 170 valence electrons. The van der Waals surface area contributed by atoms with Crippen LogP contribution in [0.4, 0.5) is 11.4 Å². The fourth-order valence-electron chi connectivity index (χ4n) is 4.70. The summed E-state index contributed by atoms with van der Waals surface area (Å²) in [6.45, 7) is 6.81. The van der Waals surface area contributed by atoms with Gasteiger partial charge < -0.3 is 15.0 Å². The third-order valence-corrected chi connectivity index (χ3v) is 6.60. The highest BCUT2D eigenvalue weighted by Crippen LogP contribution is 2.30. The maximum absolute atomic E-state index is 12.9. The molecule has 0 radical (unpaired) electrons. The van der Waals surface area contributed by atoms with Crippen LogP contribution in [-0.4, -0.2) is 56.7 Å². The summed E-state index contributed by atoms with van der Waals surface area (Å²) in [6.07, 6.45) is 2.27. The summed E-state index contributed by atoms with van der Waals surface area (Å²) in [4.78, 5) is 17.8. The van der Waals surface area contributed by atoms with E-state index in [1.807, 2.05) is 48.5 Å². The molecule has 0 aromatic heterocycles. The van der Waals surface area contributed by atoms with Crippen molar-refractivity contribution in [2.45, 2.75) is 12.8 Å². The van der Waals surface area contributed by atoms with Gasteiger partial charge in [-0.15, -0.1) is 0 Å². The van der Waals surface area contributed by atoms with Crippen molar-refractivity contribution >= 4 is 17.3 Å². The minimum atomic E-state index is -0.0785. The Morgan fingerprint density at radius 1 is 0.848 bits per heavy atom. The largest absolute Gasteiger partial charge is 0.379 e. The lowest BCUT2D eigenvalue weighted by atomic mass is 10.0. The van der Waals surface area contributed by atoms with Crippen LogP contribution in [0.15, 0.2) is 72.8 Å². The number of anilines is 2. The Morgan fingerprint density at radius 3 is 2.39 bits per heavy atom. The van der Waals surface area contributed by atoms with Crippen molar-refractivity contribution in [1.82, 2.24) is 4.90 Å². The number of nitrogens with zero attached hydrogens (tertiary/aromatic N) is 2. The topological polar surface area (TPSA) is 44.8 Å². The molecule has 0 unspecified atom stereocenters. The monoisotopic (exact) mass is 441 g/mol. The maximum Gasteiger partial charge on any atom is 0.255 e. The van der Waals surface area contributed by atoms with Gasteiger partial charge in [0.15, 0.2) is 0 Å². The van der Waals surface area contributed by atoms with Gasteiger partial charge in [-0.25, -0.2) is 0 Å². The summed E-state index contributed by atoms with van der Waals surface area (Å²) in [5, 5.41) is 3.10. The van der Waals surface area contributed by atoms with Gasteiger partial charge in [0.05, 0.1) is 13.2 Å². The van der Waals surface area contributed by atoms with Gasteiger partial charge in [-0.3, -0.25) is 9.69 Å². The first-order valence-corrected chi connectivity index (χ1v) is 11.9. The fourth-order valence-corrected chi connectivity index (χ4v) is 4.70. The molecule has 0 bridgehead atoms. The predicted octanol–water partition coefficient (Wildman–Crippen LogP) is 4.69. The Morgan fingerprint density at radius 2 is 1.61 bits per heavy atom. The number of benzene rings is 3. The molecular formula is C28H31N3O2. The minimum Gasteiger partial charge on any atom is -0.379 e. The van der Waals surface area contributed by atoms with Crippen LogP contribution in [0.2, 0.25) is 0 Å². The van der Waals surface area contributed by atoms with Gasteiger partial charge >= 0.3 is 0 Å². The highest BCUT2D eigenvalue weighted by molar-refractivity contribution is 6.04. The lowest BCUT2D eigenvalue weighted by Gasteiger charge is -2.34. The van der Waals surface area contributed by atoms with E-state index in [0.717, 1.165) is 69.2 Å². The molecule has 3 aromatic rings. The Balaban J connectivity index is 1.25. The van der Waals surface area contributed by atoms with Crippen LogP contribution in [0.1, 0.15) is 22.3 Å². The Bertz CT molecular complexity index is 1080. The normalized spacial score (nSPS) is 16.3. The third kappa shape index (κ3) is 5.27. The molecule has 3 aromatic carbocycles. The SMILES string of the molecule is O=C(Nc1ccc2c(c1)N(CCN1CCOCC1)CCC2)c1ccc(-c2ccccc2)cc1.